The first-order valence-corrected chi connectivity index (χ1v) is 12.8. The summed E-state index contributed by atoms with van der Waals surface area (Å²) >= 11 is 12.3. The number of nitrogens with zero attached hydrogens (tertiary/aromatic N) is 1. The zero-order chi connectivity index (χ0) is 22.8. The van der Waals surface area contributed by atoms with Crippen molar-refractivity contribution in [3.63, 3.8) is 0 Å². The van der Waals surface area contributed by atoms with Crippen LogP contribution >= 0.6 is 23.2 Å². The molecule has 168 valence electrons. The molecular formula is C23H28Cl2N2O3S. The highest BCUT2D eigenvalue weighted by molar-refractivity contribution is 7.88. The maximum absolute atomic E-state index is 12.9. The van der Waals surface area contributed by atoms with Crippen molar-refractivity contribution in [3.05, 3.63) is 63.1 Å². The quantitative estimate of drug-likeness (QED) is 0.581. The predicted octanol–water partition coefficient (Wildman–Crippen LogP) is 5.61. The van der Waals surface area contributed by atoms with E-state index in [1.54, 1.807) is 18.2 Å². The van der Waals surface area contributed by atoms with Crippen molar-refractivity contribution in [3.8, 4) is 0 Å². The van der Waals surface area contributed by atoms with Gasteiger partial charge in [-0.25, -0.2) is 12.7 Å². The molecule has 1 amide bonds. The van der Waals surface area contributed by atoms with Gasteiger partial charge >= 0.3 is 0 Å². The number of amides is 1. The second-order valence-corrected chi connectivity index (χ2v) is 11.1. The Morgan fingerprint density at radius 2 is 1.68 bits per heavy atom. The first-order valence-electron chi connectivity index (χ1n) is 10.4. The van der Waals surface area contributed by atoms with Crippen LogP contribution < -0.4 is 5.32 Å². The summed E-state index contributed by atoms with van der Waals surface area (Å²) in [6, 6.07) is 11.0. The van der Waals surface area contributed by atoms with E-state index in [-0.39, 0.29) is 17.6 Å². The number of sulfonamides is 1. The first-order chi connectivity index (χ1) is 14.6. The lowest BCUT2D eigenvalue weighted by Gasteiger charge is -2.31. The second-order valence-electron chi connectivity index (χ2n) is 8.31. The number of hydrogen-bond donors (Lipinski definition) is 1. The molecule has 1 heterocycles. The van der Waals surface area contributed by atoms with Crippen LogP contribution in [0.25, 0.3) is 0 Å². The third kappa shape index (κ3) is 5.61. The number of benzene rings is 2. The molecule has 3 rings (SSSR count). The molecule has 1 saturated heterocycles. The average molecular weight is 483 g/mol. The Balaban J connectivity index is 1.65. The molecule has 0 aromatic heterocycles. The van der Waals surface area contributed by atoms with Crippen molar-refractivity contribution in [1.29, 1.82) is 0 Å². The van der Waals surface area contributed by atoms with Crippen LogP contribution in [0.2, 0.25) is 10.0 Å². The molecule has 0 spiro atoms. The Labute approximate surface area is 194 Å². The summed E-state index contributed by atoms with van der Waals surface area (Å²) in [6.45, 7) is 6.77. The van der Waals surface area contributed by atoms with Gasteiger partial charge in [0, 0.05) is 40.3 Å². The molecule has 2 aromatic rings. The van der Waals surface area contributed by atoms with E-state index in [4.69, 9.17) is 23.2 Å². The Kier molecular flexibility index (Phi) is 7.68. The van der Waals surface area contributed by atoms with Gasteiger partial charge in [0.1, 0.15) is 0 Å². The van der Waals surface area contributed by atoms with Crippen LogP contribution in [0.15, 0.2) is 36.4 Å². The van der Waals surface area contributed by atoms with Gasteiger partial charge in [0.05, 0.1) is 5.75 Å². The SMILES string of the molecule is Cc1cccc(C(C)C)c1NC(=O)C1CCN(S(=O)(=O)Cc2c(Cl)cccc2Cl)CC1. The monoisotopic (exact) mass is 482 g/mol. The summed E-state index contributed by atoms with van der Waals surface area (Å²) in [5, 5.41) is 3.77. The van der Waals surface area contributed by atoms with E-state index in [0.29, 0.717) is 47.5 Å². The van der Waals surface area contributed by atoms with Gasteiger partial charge in [0.25, 0.3) is 0 Å². The fraction of sp³-hybridized carbons (Fsp3) is 0.435. The molecule has 0 unspecified atom stereocenters. The standard InChI is InChI=1S/C23H28Cl2N2O3S/c1-15(2)18-7-4-6-16(3)22(18)26-23(28)17-10-12-27(13-11-17)31(29,30)14-19-20(24)8-5-9-21(19)25/h4-9,15,17H,10-14H2,1-3H3,(H,26,28). The van der Waals surface area contributed by atoms with Gasteiger partial charge in [-0.1, -0.05) is 61.3 Å². The summed E-state index contributed by atoms with van der Waals surface area (Å²) in [5.74, 6) is -0.236. The zero-order valence-electron chi connectivity index (χ0n) is 18.0. The van der Waals surface area contributed by atoms with Crippen LogP contribution in [-0.2, 0) is 20.6 Å². The number of piperidine rings is 1. The van der Waals surface area contributed by atoms with Gasteiger partial charge < -0.3 is 5.32 Å². The van der Waals surface area contributed by atoms with Crippen molar-refractivity contribution < 1.29 is 13.2 Å². The van der Waals surface area contributed by atoms with Gasteiger partial charge in [-0.2, -0.15) is 0 Å². The molecular weight excluding hydrogens is 455 g/mol. The topological polar surface area (TPSA) is 66.5 Å². The third-order valence-corrected chi connectivity index (χ3v) is 8.30. The maximum Gasteiger partial charge on any atom is 0.227 e. The minimum absolute atomic E-state index is 0.0533. The minimum Gasteiger partial charge on any atom is -0.325 e. The van der Waals surface area contributed by atoms with Gasteiger partial charge in [0.15, 0.2) is 0 Å². The van der Waals surface area contributed by atoms with Gasteiger partial charge in [0.2, 0.25) is 15.9 Å². The van der Waals surface area contributed by atoms with Crippen molar-refractivity contribution >= 4 is 44.8 Å². The predicted molar refractivity (Wildman–Crippen MR) is 127 cm³/mol. The Hall–Kier alpha value is -1.60. The van der Waals surface area contributed by atoms with E-state index >= 15 is 0 Å². The van der Waals surface area contributed by atoms with Crippen LogP contribution in [0.4, 0.5) is 5.69 Å². The summed E-state index contributed by atoms with van der Waals surface area (Å²) in [7, 11) is -3.58. The molecule has 1 fully saturated rings. The van der Waals surface area contributed by atoms with Crippen molar-refractivity contribution in [1.82, 2.24) is 4.31 Å². The number of halogens is 2. The molecule has 31 heavy (non-hydrogen) atoms. The van der Waals surface area contributed by atoms with E-state index < -0.39 is 10.0 Å². The number of para-hydroxylation sites is 1. The van der Waals surface area contributed by atoms with Crippen LogP contribution in [0.5, 0.6) is 0 Å². The Morgan fingerprint density at radius 3 is 2.26 bits per heavy atom. The highest BCUT2D eigenvalue weighted by Gasteiger charge is 2.32. The fourth-order valence-corrected chi connectivity index (χ4v) is 6.22. The molecule has 0 aliphatic carbocycles. The molecule has 5 nitrogen and oxygen atoms in total. The van der Waals surface area contributed by atoms with E-state index in [0.717, 1.165) is 16.8 Å². The molecule has 2 aromatic carbocycles. The summed E-state index contributed by atoms with van der Waals surface area (Å²) < 4.78 is 27.2. The van der Waals surface area contributed by atoms with Gasteiger partial charge in [-0.3, -0.25) is 4.79 Å². The molecule has 0 radical (unpaired) electrons. The molecule has 8 heteroatoms. The Bertz CT molecular complexity index is 1040. The van der Waals surface area contributed by atoms with Gasteiger partial charge in [-0.05, 0) is 48.9 Å². The van der Waals surface area contributed by atoms with Crippen LogP contribution in [0.1, 0.15) is 49.3 Å². The lowest BCUT2D eigenvalue weighted by molar-refractivity contribution is -0.120. The highest BCUT2D eigenvalue weighted by Crippen LogP contribution is 2.31. The summed E-state index contributed by atoms with van der Waals surface area (Å²) in [6.07, 6.45) is 0.953. The van der Waals surface area contributed by atoms with Crippen LogP contribution in [0.3, 0.4) is 0 Å². The number of carbonyl (C=O) groups excluding carboxylic acids is 1. The number of aryl methyl sites for hydroxylation is 1. The van der Waals surface area contributed by atoms with Crippen molar-refractivity contribution in [2.75, 3.05) is 18.4 Å². The van der Waals surface area contributed by atoms with Crippen LogP contribution in [0, 0.1) is 12.8 Å². The molecule has 0 bridgehead atoms. The minimum atomic E-state index is -3.58. The van der Waals surface area contributed by atoms with E-state index in [9.17, 15) is 13.2 Å². The Morgan fingerprint density at radius 1 is 1.10 bits per heavy atom. The molecule has 1 aliphatic heterocycles. The normalized spacial score (nSPS) is 15.9. The molecule has 0 saturated carbocycles. The zero-order valence-corrected chi connectivity index (χ0v) is 20.3. The summed E-state index contributed by atoms with van der Waals surface area (Å²) in [5.41, 5.74) is 3.40. The van der Waals surface area contributed by atoms with Crippen molar-refractivity contribution in [2.24, 2.45) is 5.92 Å². The number of nitrogens with one attached hydrogen (secondary N) is 1. The summed E-state index contributed by atoms with van der Waals surface area (Å²) in [4.78, 5) is 12.9. The molecule has 1 N–H and O–H groups in total. The maximum atomic E-state index is 12.9. The largest absolute Gasteiger partial charge is 0.325 e. The van der Waals surface area contributed by atoms with Crippen molar-refractivity contribution in [2.45, 2.75) is 45.3 Å². The number of hydrogen-bond acceptors (Lipinski definition) is 3. The smallest absolute Gasteiger partial charge is 0.227 e. The lowest BCUT2D eigenvalue weighted by Crippen LogP contribution is -2.42. The fourth-order valence-electron chi connectivity index (χ4n) is 3.91. The van der Waals surface area contributed by atoms with E-state index in [1.807, 2.05) is 25.1 Å². The molecule has 1 aliphatic rings. The number of anilines is 1. The average Bonchev–Trinajstić information content (AvgIpc) is 2.72. The van der Waals surface area contributed by atoms with E-state index in [2.05, 4.69) is 19.2 Å². The molecule has 0 atom stereocenters. The lowest BCUT2D eigenvalue weighted by atomic mass is 9.95. The van der Waals surface area contributed by atoms with Gasteiger partial charge in [-0.15, -0.1) is 0 Å². The third-order valence-electron chi connectivity index (χ3n) is 5.78. The van der Waals surface area contributed by atoms with Crippen LogP contribution in [-0.4, -0.2) is 31.7 Å². The van der Waals surface area contributed by atoms with E-state index in [1.165, 1.54) is 4.31 Å². The second kappa shape index (κ2) is 9.90. The highest BCUT2D eigenvalue weighted by atomic mass is 35.5. The first kappa shape index (κ1) is 24.1. The number of carbonyl (C=O) groups is 1. The number of rotatable bonds is 6.